The van der Waals surface area contributed by atoms with Crippen molar-refractivity contribution >= 4 is 10.0 Å². The molecule has 0 saturated carbocycles. The molecule has 23 heavy (non-hydrogen) atoms. The highest BCUT2D eigenvalue weighted by Crippen LogP contribution is 2.18. The molecule has 0 spiro atoms. The lowest BCUT2D eigenvalue weighted by molar-refractivity contribution is 0.158. The molecular weight excluding hydrogens is 317 g/mol. The molecule has 0 bridgehead atoms. The number of rotatable bonds is 7. The van der Waals surface area contributed by atoms with Crippen molar-refractivity contribution in [1.29, 1.82) is 0 Å². The van der Waals surface area contributed by atoms with E-state index in [0.717, 1.165) is 5.56 Å². The third-order valence-electron chi connectivity index (χ3n) is 3.45. The van der Waals surface area contributed by atoms with Crippen molar-refractivity contribution in [3.8, 4) is 0 Å². The summed E-state index contributed by atoms with van der Waals surface area (Å²) in [6.07, 6.45) is -0.525. The lowest BCUT2D eigenvalue weighted by Crippen LogP contribution is -2.34. The van der Waals surface area contributed by atoms with E-state index >= 15 is 0 Å². The first-order valence-corrected chi connectivity index (χ1v) is 8.99. The maximum absolute atomic E-state index is 13.6. The van der Waals surface area contributed by atoms with Gasteiger partial charge in [0.2, 0.25) is 10.0 Å². The minimum Gasteiger partial charge on any atom is -0.388 e. The van der Waals surface area contributed by atoms with Crippen LogP contribution in [0.25, 0.3) is 0 Å². The summed E-state index contributed by atoms with van der Waals surface area (Å²) in [5.41, 5.74) is 0.850. The van der Waals surface area contributed by atoms with Gasteiger partial charge < -0.3 is 5.11 Å². The highest BCUT2D eigenvalue weighted by atomic mass is 32.2. The van der Waals surface area contributed by atoms with Gasteiger partial charge in [-0.1, -0.05) is 48.5 Å². The smallest absolute Gasteiger partial charge is 0.216 e. The second-order valence-corrected chi connectivity index (χ2v) is 7.29. The van der Waals surface area contributed by atoms with Crippen molar-refractivity contribution in [2.75, 3.05) is 0 Å². The van der Waals surface area contributed by atoms with Crippen molar-refractivity contribution < 1.29 is 17.9 Å². The Morgan fingerprint density at radius 2 is 1.70 bits per heavy atom. The van der Waals surface area contributed by atoms with Crippen LogP contribution in [0.5, 0.6) is 0 Å². The van der Waals surface area contributed by atoms with Crippen molar-refractivity contribution in [3.05, 3.63) is 71.5 Å². The molecule has 2 atom stereocenters. The summed E-state index contributed by atoms with van der Waals surface area (Å²) in [7, 11) is -3.69. The van der Waals surface area contributed by atoms with Crippen LogP contribution in [-0.2, 0) is 15.8 Å². The van der Waals surface area contributed by atoms with Crippen LogP contribution in [0, 0.1) is 5.82 Å². The van der Waals surface area contributed by atoms with Crippen LogP contribution in [0.1, 0.15) is 30.6 Å². The monoisotopic (exact) mass is 337 g/mol. The quantitative estimate of drug-likeness (QED) is 0.816. The second kappa shape index (κ2) is 7.68. The van der Waals surface area contributed by atoms with Crippen molar-refractivity contribution in [1.82, 2.24) is 4.72 Å². The Hall–Kier alpha value is -1.76. The predicted molar refractivity (Wildman–Crippen MR) is 87.6 cm³/mol. The zero-order valence-electron chi connectivity index (χ0n) is 12.8. The predicted octanol–water partition coefficient (Wildman–Crippen LogP) is 2.76. The van der Waals surface area contributed by atoms with Gasteiger partial charge >= 0.3 is 0 Å². The molecule has 0 fully saturated rings. The molecule has 0 aliphatic carbocycles. The fourth-order valence-electron chi connectivity index (χ4n) is 2.36. The molecule has 2 N–H and O–H groups in total. The topological polar surface area (TPSA) is 66.4 Å². The number of halogens is 1. The van der Waals surface area contributed by atoms with Crippen LogP contribution in [0.15, 0.2) is 54.6 Å². The molecule has 2 rings (SSSR count). The van der Waals surface area contributed by atoms with E-state index in [1.54, 1.807) is 25.1 Å². The van der Waals surface area contributed by atoms with Gasteiger partial charge in [-0.3, -0.25) is 0 Å². The Balaban J connectivity index is 1.96. The van der Waals surface area contributed by atoms with Gasteiger partial charge in [0.25, 0.3) is 0 Å². The number of benzene rings is 2. The first kappa shape index (κ1) is 17.6. The van der Waals surface area contributed by atoms with Gasteiger partial charge in [-0.2, -0.15) is 0 Å². The number of aliphatic hydroxyl groups excluding tert-OH is 1. The number of hydrogen-bond donors (Lipinski definition) is 2. The molecule has 0 amide bonds. The molecule has 0 radical (unpaired) electrons. The molecule has 2 aromatic carbocycles. The number of hydrogen-bond acceptors (Lipinski definition) is 3. The van der Waals surface area contributed by atoms with Crippen LogP contribution < -0.4 is 4.72 Å². The largest absolute Gasteiger partial charge is 0.388 e. The molecule has 0 aliphatic rings. The first-order chi connectivity index (χ1) is 10.9. The molecule has 2 unspecified atom stereocenters. The normalized spacial score (nSPS) is 14.4. The van der Waals surface area contributed by atoms with Crippen LogP contribution in [0.3, 0.4) is 0 Å². The van der Waals surface area contributed by atoms with Gasteiger partial charge in [0.1, 0.15) is 5.82 Å². The Labute approximate surface area is 136 Å². The third-order valence-corrected chi connectivity index (χ3v) is 4.90. The Morgan fingerprint density at radius 1 is 1.09 bits per heavy atom. The van der Waals surface area contributed by atoms with Crippen LogP contribution in [0.2, 0.25) is 0 Å². The van der Waals surface area contributed by atoms with Crippen LogP contribution >= 0.6 is 0 Å². The lowest BCUT2D eigenvalue weighted by atomic mass is 10.0. The van der Waals surface area contributed by atoms with E-state index in [-0.39, 0.29) is 12.0 Å². The summed E-state index contributed by atoms with van der Waals surface area (Å²) in [5, 5.41) is 10.1. The SMILES string of the molecule is CC(CC(O)c1ccccc1)NS(=O)(=O)Cc1ccccc1F. The molecule has 0 aromatic heterocycles. The highest BCUT2D eigenvalue weighted by molar-refractivity contribution is 7.88. The van der Waals surface area contributed by atoms with Gasteiger partial charge in [0, 0.05) is 11.6 Å². The van der Waals surface area contributed by atoms with Gasteiger partial charge in [-0.15, -0.1) is 0 Å². The fourth-order valence-corrected chi connectivity index (χ4v) is 3.80. The summed E-state index contributed by atoms with van der Waals surface area (Å²) in [5.74, 6) is -0.972. The van der Waals surface area contributed by atoms with E-state index in [0.29, 0.717) is 0 Å². The van der Waals surface area contributed by atoms with E-state index in [1.807, 2.05) is 18.2 Å². The van der Waals surface area contributed by atoms with E-state index in [9.17, 15) is 17.9 Å². The van der Waals surface area contributed by atoms with Crippen LogP contribution in [0.4, 0.5) is 4.39 Å². The van der Waals surface area contributed by atoms with Crippen molar-refractivity contribution in [2.45, 2.75) is 31.2 Å². The molecular formula is C17H20FNO3S. The second-order valence-electron chi connectivity index (χ2n) is 5.53. The minimum atomic E-state index is -3.69. The summed E-state index contributed by atoms with van der Waals surface area (Å²) >= 11 is 0. The minimum absolute atomic E-state index is 0.121. The Kier molecular flexibility index (Phi) is 5.87. The van der Waals surface area contributed by atoms with E-state index in [4.69, 9.17) is 0 Å². The van der Waals surface area contributed by atoms with E-state index < -0.39 is 33.7 Å². The molecule has 0 saturated heterocycles. The Morgan fingerprint density at radius 3 is 2.35 bits per heavy atom. The number of nitrogens with one attached hydrogen (secondary N) is 1. The van der Waals surface area contributed by atoms with Crippen LogP contribution in [-0.4, -0.2) is 19.6 Å². The van der Waals surface area contributed by atoms with Gasteiger partial charge in [0.05, 0.1) is 11.9 Å². The maximum atomic E-state index is 13.6. The van der Waals surface area contributed by atoms with Crippen molar-refractivity contribution in [3.63, 3.8) is 0 Å². The third kappa shape index (κ3) is 5.42. The summed E-state index contributed by atoms with van der Waals surface area (Å²) in [6.45, 7) is 1.67. The van der Waals surface area contributed by atoms with Gasteiger partial charge in [-0.05, 0) is 25.0 Å². The molecule has 0 heterocycles. The maximum Gasteiger partial charge on any atom is 0.216 e. The standard InChI is InChI=1S/C17H20FNO3S/c1-13(11-17(20)14-7-3-2-4-8-14)19-23(21,22)12-15-9-5-6-10-16(15)18/h2-10,13,17,19-20H,11-12H2,1H3. The van der Waals surface area contributed by atoms with E-state index in [2.05, 4.69) is 4.72 Å². The summed E-state index contributed by atoms with van der Waals surface area (Å²) in [6, 6.07) is 14.3. The zero-order valence-corrected chi connectivity index (χ0v) is 13.6. The first-order valence-electron chi connectivity index (χ1n) is 7.34. The molecule has 4 nitrogen and oxygen atoms in total. The Bertz CT molecular complexity index is 735. The van der Waals surface area contributed by atoms with Gasteiger partial charge in [-0.25, -0.2) is 17.5 Å². The van der Waals surface area contributed by atoms with Gasteiger partial charge in [0.15, 0.2) is 0 Å². The average molecular weight is 337 g/mol. The number of aliphatic hydroxyl groups is 1. The van der Waals surface area contributed by atoms with Crippen molar-refractivity contribution in [2.24, 2.45) is 0 Å². The molecule has 124 valence electrons. The molecule has 0 aliphatic heterocycles. The summed E-state index contributed by atoms with van der Waals surface area (Å²) < 4.78 is 40.3. The fraction of sp³-hybridized carbons (Fsp3) is 0.294. The zero-order chi connectivity index (χ0) is 16.9. The molecule has 6 heteroatoms. The van der Waals surface area contributed by atoms with E-state index in [1.165, 1.54) is 18.2 Å². The average Bonchev–Trinajstić information content (AvgIpc) is 2.49. The lowest BCUT2D eigenvalue weighted by Gasteiger charge is -2.18. The molecule has 2 aromatic rings. The highest BCUT2D eigenvalue weighted by Gasteiger charge is 2.19. The number of sulfonamides is 1. The summed E-state index contributed by atoms with van der Waals surface area (Å²) in [4.78, 5) is 0.